The average molecular weight is 394 g/mol. The van der Waals surface area contributed by atoms with Crippen LogP contribution < -0.4 is 9.62 Å². The van der Waals surface area contributed by atoms with Gasteiger partial charge in [0.15, 0.2) is 0 Å². The van der Waals surface area contributed by atoms with E-state index in [1.54, 1.807) is 12.1 Å². The van der Waals surface area contributed by atoms with E-state index < -0.39 is 28.3 Å². The molecule has 0 aromatic heterocycles. The molecule has 0 atom stereocenters. The first-order chi connectivity index (χ1) is 12.4. The van der Waals surface area contributed by atoms with E-state index >= 15 is 0 Å². The van der Waals surface area contributed by atoms with Crippen molar-refractivity contribution in [3.63, 3.8) is 0 Å². The summed E-state index contributed by atoms with van der Waals surface area (Å²) in [5.41, 5.74) is 0.0766. The first-order valence-electron chi connectivity index (χ1n) is 7.68. The quantitative estimate of drug-likeness (QED) is 0.552. The number of hydrogen-bond donors (Lipinski definition) is 1. The van der Waals surface area contributed by atoms with Gasteiger partial charge in [-0.25, -0.2) is 12.8 Å². The summed E-state index contributed by atoms with van der Waals surface area (Å²) in [5.74, 6) is -1.11. The normalized spacial score (nSPS) is 11.0. The van der Waals surface area contributed by atoms with Crippen LogP contribution >= 0.6 is 11.8 Å². The molecule has 2 rings (SSSR count). The second-order valence-corrected chi connectivity index (χ2v) is 8.00. The minimum Gasteiger partial charge on any atom is -0.351 e. The van der Waals surface area contributed by atoms with Crippen LogP contribution in [0, 0.1) is 5.82 Å². The summed E-state index contributed by atoms with van der Waals surface area (Å²) >= 11 is 1.48. The van der Waals surface area contributed by atoms with Gasteiger partial charge < -0.3 is 5.32 Å². The summed E-state index contributed by atoms with van der Waals surface area (Å²) in [5, 5.41) is 2.53. The molecule has 0 spiro atoms. The molecule has 0 unspecified atom stereocenters. The minimum atomic E-state index is -4.05. The Bertz CT molecular complexity index is 884. The number of rotatable bonds is 8. The summed E-state index contributed by atoms with van der Waals surface area (Å²) in [4.78, 5) is 13.0. The number of anilines is 1. The molecule has 8 heteroatoms. The zero-order valence-electron chi connectivity index (χ0n) is 14.2. The number of benzene rings is 2. The highest BCUT2D eigenvalue weighted by Crippen LogP contribution is 2.25. The lowest BCUT2D eigenvalue weighted by Crippen LogP contribution is -2.41. The molecule has 2 aromatic rings. The third-order valence-electron chi connectivity index (χ3n) is 3.47. The number of halogens is 1. The number of carbonyl (C=O) groups is 1. The number of nitrogens with one attached hydrogen (secondary N) is 1. The van der Waals surface area contributed by atoms with Crippen molar-refractivity contribution in [1.29, 1.82) is 0 Å². The molecule has 0 saturated carbocycles. The van der Waals surface area contributed by atoms with Gasteiger partial charge >= 0.3 is 0 Å². The van der Waals surface area contributed by atoms with Crippen LogP contribution in [0.25, 0.3) is 0 Å². The van der Waals surface area contributed by atoms with Crippen LogP contribution in [0.5, 0.6) is 0 Å². The Morgan fingerprint density at radius 1 is 1.27 bits per heavy atom. The molecule has 0 aliphatic carbocycles. The molecular formula is C18H19FN2O3S2. The van der Waals surface area contributed by atoms with Crippen molar-refractivity contribution in [3.8, 4) is 0 Å². The van der Waals surface area contributed by atoms with E-state index in [-0.39, 0.29) is 17.1 Å². The average Bonchev–Trinajstić information content (AvgIpc) is 2.64. The van der Waals surface area contributed by atoms with E-state index in [0.717, 1.165) is 15.3 Å². The number of nitrogens with zero attached hydrogens (tertiary/aromatic N) is 1. The maximum Gasteiger partial charge on any atom is 0.264 e. The molecule has 0 radical (unpaired) electrons. The number of thioether (sulfide) groups is 1. The Morgan fingerprint density at radius 3 is 2.54 bits per heavy atom. The standard InChI is InChI=1S/C18H19FN2O3S2/c1-3-11-20-18(22)13-21(15-6-4-5-14(19)12-15)26(23,24)17-9-7-16(25-2)8-10-17/h3-10,12H,1,11,13H2,2H3,(H,20,22). The summed E-state index contributed by atoms with van der Waals surface area (Å²) < 4.78 is 40.6. The van der Waals surface area contributed by atoms with Crippen molar-refractivity contribution in [2.45, 2.75) is 9.79 Å². The van der Waals surface area contributed by atoms with E-state index in [1.165, 1.54) is 48.2 Å². The molecule has 0 fully saturated rings. The minimum absolute atomic E-state index is 0.0241. The Morgan fingerprint density at radius 2 is 1.96 bits per heavy atom. The van der Waals surface area contributed by atoms with Gasteiger partial charge in [-0.2, -0.15) is 0 Å². The van der Waals surface area contributed by atoms with Crippen LogP contribution in [0.3, 0.4) is 0 Å². The van der Waals surface area contributed by atoms with Crippen molar-refractivity contribution in [3.05, 3.63) is 67.0 Å². The van der Waals surface area contributed by atoms with Gasteiger partial charge in [0.2, 0.25) is 5.91 Å². The van der Waals surface area contributed by atoms with Gasteiger partial charge in [-0.1, -0.05) is 12.1 Å². The highest BCUT2D eigenvalue weighted by atomic mass is 32.2. The third kappa shape index (κ3) is 4.86. The second kappa shape index (κ2) is 8.86. The molecule has 0 saturated heterocycles. The van der Waals surface area contributed by atoms with Crippen molar-refractivity contribution in [2.75, 3.05) is 23.7 Å². The van der Waals surface area contributed by atoms with Gasteiger partial charge in [-0.05, 0) is 48.7 Å². The Hall–Kier alpha value is -2.32. The molecule has 5 nitrogen and oxygen atoms in total. The Balaban J connectivity index is 2.43. The van der Waals surface area contributed by atoms with E-state index in [4.69, 9.17) is 0 Å². The van der Waals surface area contributed by atoms with Crippen molar-refractivity contribution in [2.24, 2.45) is 0 Å². The van der Waals surface area contributed by atoms with Gasteiger partial charge in [0.1, 0.15) is 12.4 Å². The van der Waals surface area contributed by atoms with Gasteiger partial charge in [-0.3, -0.25) is 9.10 Å². The van der Waals surface area contributed by atoms with Gasteiger partial charge in [0.25, 0.3) is 10.0 Å². The van der Waals surface area contributed by atoms with Crippen molar-refractivity contribution < 1.29 is 17.6 Å². The predicted molar refractivity (Wildman–Crippen MR) is 102 cm³/mol. The van der Waals surface area contributed by atoms with Gasteiger partial charge in [-0.15, -0.1) is 18.3 Å². The van der Waals surface area contributed by atoms with Crippen LogP contribution in [0.2, 0.25) is 0 Å². The SMILES string of the molecule is C=CCNC(=O)CN(c1cccc(F)c1)S(=O)(=O)c1ccc(SC)cc1. The van der Waals surface area contributed by atoms with Crippen LogP contribution in [0.1, 0.15) is 0 Å². The maximum atomic E-state index is 13.6. The fourth-order valence-corrected chi connectivity index (χ4v) is 4.01. The third-order valence-corrected chi connectivity index (χ3v) is 6.01. The van der Waals surface area contributed by atoms with Crippen molar-refractivity contribution in [1.82, 2.24) is 5.32 Å². The zero-order valence-corrected chi connectivity index (χ0v) is 15.8. The van der Waals surface area contributed by atoms with E-state index in [0.29, 0.717) is 0 Å². The molecule has 2 aromatic carbocycles. The fourth-order valence-electron chi connectivity index (χ4n) is 2.19. The molecule has 0 aliphatic rings. The predicted octanol–water partition coefficient (Wildman–Crippen LogP) is 3.05. The highest BCUT2D eigenvalue weighted by molar-refractivity contribution is 7.98. The first kappa shape index (κ1) is 20.0. The van der Waals surface area contributed by atoms with Crippen LogP contribution in [-0.2, 0) is 14.8 Å². The summed E-state index contributed by atoms with van der Waals surface area (Å²) in [6.07, 6.45) is 3.37. The Labute approximate surface area is 157 Å². The number of hydrogen-bond acceptors (Lipinski definition) is 4. The molecule has 138 valence electrons. The fraction of sp³-hybridized carbons (Fsp3) is 0.167. The van der Waals surface area contributed by atoms with E-state index in [9.17, 15) is 17.6 Å². The molecule has 0 aliphatic heterocycles. The van der Waals surface area contributed by atoms with E-state index in [1.807, 2.05) is 6.26 Å². The second-order valence-electron chi connectivity index (χ2n) is 5.26. The molecule has 1 N–H and O–H groups in total. The number of amides is 1. The molecule has 0 bridgehead atoms. The zero-order chi connectivity index (χ0) is 19.2. The topological polar surface area (TPSA) is 66.5 Å². The number of sulfonamides is 1. The Kier molecular flexibility index (Phi) is 6.82. The smallest absolute Gasteiger partial charge is 0.264 e. The van der Waals surface area contributed by atoms with Gasteiger partial charge in [0.05, 0.1) is 10.6 Å². The van der Waals surface area contributed by atoms with Crippen molar-refractivity contribution >= 4 is 33.4 Å². The van der Waals surface area contributed by atoms with Gasteiger partial charge in [0, 0.05) is 11.4 Å². The largest absolute Gasteiger partial charge is 0.351 e. The maximum absolute atomic E-state index is 13.6. The highest BCUT2D eigenvalue weighted by Gasteiger charge is 2.27. The lowest BCUT2D eigenvalue weighted by Gasteiger charge is -2.24. The molecule has 0 heterocycles. The molecular weight excluding hydrogens is 375 g/mol. The number of carbonyl (C=O) groups excluding carboxylic acids is 1. The summed E-state index contributed by atoms with van der Waals surface area (Å²) in [7, 11) is -4.05. The lowest BCUT2D eigenvalue weighted by atomic mass is 10.3. The monoisotopic (exact) mass is 394 g/mol. The summed E-state index contributed by atoms with van der Waals surface area (Å²) in [6, 6.07) is 11.4. The summed E-state index contributed by atoms with van der Waals surface area (Å²) in [6.45, 7) is 3.23. The van der Waals surface area contributed by atoms with Crippen LogP contribution in [0.15, 0.2) is 71.0 Å². The van der Waals surface area contributed by atoms with E-state index in [2.05, 4.69) is 11.9 Å². The molecule has 1 amide bonds. The molecule has 26 heavy (non-hydrogen) atoms. The first-order valence-corrected chi connectivity index (χ1v) is 10.3. The van der Waals surface area contributed by atoms with Crippen LogP contribution in [-0.4, -0.2) is 33.7 Å². The lowest BCUT2D eigenvalue weighted by molar-refractivity contribution is -0.119. The van der Waals surface area contributed by atoms with Crippen LogP contribution in [0.4, 0.5) is 10.1 Å².